The van der Waals surface area contributed by atoms with Crippen LogP contribution in [-0.4, -0.2) is 52.9 Å². The van der Waals surface area contributed by atoms with Gasteiger partial charge in [-0.05, 0) is 61.4 Å². The van der Waals surface area contributed by atoms with E-state index in [-0.39, 0.29) is 24.3 Å². The summed E-state index contributed by atoms with van der Waals surface area (Å²) >= 11 is 1.44. The van der Waals surface area contributed by atoms with Gasteiger partial charge in [0.15, 0.2) is 5.44 Å². The third-order valence-corrected chi connectivity index (χ3v) is 10.4. The highest BCUT2D eigenvalue weighted by Gasteiger charge is 2.55. The lowest BCUT2D eigenvalue weighted by atomic mass is 9.76. The second kappa shape index (κ2) is 17.0. The monoisotopic (exact) mass is 700 g/mol. The van der Waals surface area contributed by atoms with E-state index in [4.69, 9.17) is 14.2 Å². The van der Waals surface area contributed by atoms with Crippen molar-refractivity contribution in [2.45, 2.75) is 68.7 Å². The minimum atomic E-state index is -0.915. The van der Waals surface area contributed by atoms with E-state index in [1.807, 2.05) is 98.8 Å². The van der Waals surface area contributed by atoms with Crippen molar-refractivity contribution in [2.75, 3.05) is 13.2 Å². The van der Waals surface area contributed by atoms with E-state index in [2.05, 4.69) is 53.6 Å². The van der Waals surface area contributed by atoms with Crippen molar-refractivity contribution >= 4 is 23.6 Å². The van der Waals surface area contributed by atoms with E-state index >= 15 is 0 Å². The number of allylic oxidation sites excluding steroid dienone is 1. The van der Waals surface area contributed by atoms with Crippen LogP contribution in [0.4, 0.5) is 0 Å². The van der Waals surface area contributed by atoms with Crippen molar-refractivity contribution in [2.24, 2.45) is 0 Å². The van der Waals surface area contributed by atoms with Crippen molar-refractivity contribution in [1.29, 1.82) is 0 Å². The summed E-state index contributed by atoms with van der Waals surface area (Å²) < 4.78 is 18.0. The number of carbonyl (C=O) groups is 2. The summed E-state index contributed by atoms with van der Waals surface area (Å²) in [6.45, 7) is 6.80. The van der Waals surface area contributed by atoms with Gasteiger partial charge in [-0.25, -0.2) is 4.79 Å². The van der Waals surface area contributed by atoms with Crippen molar-refractivity contribution < 1.29 is 23.8 Å². The molecule has 0 radical (unpaired) electrons. The first-order valence-corrected chi connectivity index (χ1v) is 18.3. The lowest BCUT2D eigenvalue weighted by Crippen LogP contribution is -2.72. The SMILES string of the molecule is CC#CC(OC1CCOCC1)SC1C(NC(c2ccccc2)(c2ccccc2)c2ccccc2)C(=O)N1C(C(=O)OCc1ccccc1)=C(C)C. The summed E-state index contributed by atoms with van der Waals surface area (Å²) in [6.07, 6.45) is 1.51. The van der Waals surface area contributed by atoms with Crippen molar-refractivity contribution in [3.05, 3.63) is 155 Å². The molecular formula is C43H44N2O5S. The second-order valence-electron chi connectivity index (χ2n) is 12.8. The van der Waals surface area contributed by atoms with Crippen molar-refractivity contribution in [3.63, 3.8) is 0 Å². The third kappa shape index (κ3) is 8.14. The fourth-order valence-corrected chi connectivity index (χ4v) is 8.02. The summed E-state index contributed by atoms with van der Waals surface area (Å²) in [5.74, 6) is 5.49. The molecular weight excluding hydrogens is 657 g/mol. The standard InChI is InChI=1S/C43H44N2O5S/c1-4-17-37(50-36-26-28-48-29-27-36)51-41-38(40(46)45(41)39(31(2)3)42(47)49-30-32-18-9-5-10-19-32)44-43(33-20-11-6-12-21-33,34-22-13-7-14-23-34)35-24-15-8-16-25-35/h5-16,18-25,36-38,41,44H,26-30H2,1-3H3. The average Bonchev–Trinajstić information content (AvgIpc) is 3.18. The highest BCUT2D eigenvalue weighted by Crippen LogP contribution is 2.43. The molecule has 2 aliphatic heterocycles. The van der Waals surface area contributed by atoms with Gasteiger partial charge < -0.3 is 14.2 Å². The molecule has 1 amide bonds. The van der Waals surface area contributed by atoms with Crippen LogP contribution in [0, 0.1) is 11.8 Å². The molecule has 2 fully saturated rings. The topological polar surface area (TPSA) is 77.1 Å². The molecule has 262 valence electrons. The predicted molar refractivity (Wildman–Crippen MR) is 201 cm³/mol. The number of thioether (sulfide) groups is 1. The van der Waals surface area contributed by atoms with Crippen LogP contribution >= 0.6 is 11.8 Å². The summed E-state index contributed by atoms with van der Waals surface area (Å²) in [5, 5.41) is 3.31. The maximum atomic E-state index is 14.7. The smallest absolute Gasteiger partial charge is 0.355 e. The van der Waals surface area contributed by atoms with E-state index in [1.165, 1.54) is 11.8 Å². The Hall–Kier alpha value is -4.65. The Kier molecular flexibility index (Phi) is 12.1. The Balaban J connectivity index is 1.41. The van der Waals surface area contributed by atoms with Crippen molar-refractivity contribution in [1.82, 2.24) is 10.2 Å². The molecule has 2 aliphatic rings. The molecule has 1 N–H and O–H groups in total. The van der Waals surface area contributed by atoms with E-state index in [0.29, 0.717) is 18.8 Å². The van der Waals surface area contributed by atoms with Crippen LogP contribution in [0.3, 0.4) is 0 Å². The first-order valence-electron chi connectivity index (χ1n) is 17.4. The first kappa shape index (κ1) is 36.2. The maximum Gasteiger partial charge on any atom is 0.355 e. The number of esters is 1. The van der Waals surface area contributed by atoms with E-state index in [9.17, 15) is 9.59 Å². The van der Waals surface area contributed by atoms with Crippen LogP contribution in [0.5, 0.6) is 0 Å². The Morgan fingerprint density at radius 3 is 1.86 bits per heavy atom. The molecule has 2 saturated heterocycles. The van der Waals surface area contributed by atoms with Gasteiger partial charge in [0.25, 0.3) is 0 Å². The highest BCUT2D eigenvalue weighted by atomic mass is 32.2. The molecule has 8 heteroatoms. The van der Waals surface area contributed by atoms with Crippen LogP contribution < -0.4 is 5.32 Å². The summed E-state index contributed by atoms with van der Waals surface area (Å²) in [6, 6.07) is 39.3. The number of nitrogens with one attached hydrogen (secondary N) is 1. The van der Waals surface area contributed by atoms with Crippen molar-refractivity contribution in [3.8, 4) is 11.8 Å². The van der Waals surface area contributed by atoms with Crippen LogP contribution in [-0.2, 0) is 35.9 Å². The van der Waals surface area contributed by atoms with E-state index < -0.39 is 28.4 Å². The van der Waals surface area contributed by atoms with Gasteiger partial charge in [0.05, 0.1) is 11.6 Å². The van der Waals surface area contributed by atoms with Gasteiger partial charge >= 0.3 is 5.97 Å². The largest absolute Gasteiger partial charge is 0.456 e. The van der Waals surface area contributed by atoms with Crippen LogP contribution in [0.2, 0.25) is 0 Å². The van der Waals surface area contributed by atoms with Crippen LogP contribution in [0.1, 0.15) is 55.9 Å². The minimum absolute atomic E-state index is 0.0245. The number of benzene rings is 4. The highest BCUT2D eigenvalue weighted by molar-refractivity contribution is 8.00. The maximum absolute atomic E-state index is 14.7. The number of amides is 1. The Bertz CT molecular complexity index is 1750. The number of carbonyl (C=O) groups excluding carboxylic acids is 2. The van der Waals surface area contributed by atoms with Gasteiger partial charge in [0.1, 0.15) is 23.7 Å². The molecule has 0 spiro atoms. The van der Waals surface area contributed by atoms with E-state index in [1.54, 1.807) is 11.8 Å². The molecule has 51 heavy (non-hydrogen) atoms. The molecule has 3 atom stereocenters. The zero-order chi connectivity index (χ0) is 35.6. The van der Waals surface area contributed by atoms with Gasteiger partial charge in [-0.15, -0.1) is 5.92 Å². The predicted octanol–water partition coefficient (Wildman–Crippen LogP) is 7.42. The number of β-lactam (4-membered cyclic amide) rings is 1. The van der Waals surface area contributed by atoms with Gasteiger partial charge in [-0.3, -0.25) is 15.0 Å². The number of hydrogen-bond donors (Lipinski definition) is 1. The summed E-state index contributed by atoms with van der Waals surface area (Å²) in [5.41, 5.74) is 3.23. The number of ether oxygens (including phenoxy) is 3. The molecule has 6 rings (SSSR count). The second-order valence-corrected chi connectivity index (χ2v) is 14.0. The molecule has 0 aliphatic carbocycles. The van der Waals surface area contributed by atoms with Gasteiger partial charge in [-0.2, -0.15) is 0 Å². The van der Waals surface area contributed by atoms with Gasteiger partial charge in [0, 0.05) is 13.2 Å². The Morgan fingerprint density at radius 2 is 1.37 bits per heavy atom. The van der Waals surface area contributed by atoms with Gasteiger partial charge in [-0.1, -0.05) is 139 Å². The number of likely N-dealkylation sites (tertiary alicyclic amines) is 1. The van der Waals surface area contributed by atoms with E-state index in [0.717, 1.165) is 35.1 Å². The fraction of sp³-hybridized carbons (Fsp3) is 0.302. The fourth-order valence-electron chi connectivity index (χ4n) is 6.69. The summed E-state index contributed by atoms with van der Waals surface area (Å²) in [4.78, 5) is 30.2. The molecule has 2 heterocycles. The molecule has 3 unspecified atom stereocenters. The molecule has 4 aromatic carbocycles. The summed E-state index contributed by atoms with van der Waals surface area (Å²) in [7, 11) is 0. The first-order chi connectivity index (χ1) is 24.9. The number of hydrogen-bond acceptors (Lipinski definition) is 7. The normalized spacial score (nSPS) is 18.2. The zero-order valence-corrected chi connectivity index (χ0v) is 30.1. The number of rotatable bonds is 13. The Labute approximate surface area is 305 Å². The average molecular weight is 701 g/mol. The molecule has 0 bridgehead atoms. The van der Waals surface area contributed by atoms with Gasteiger partial charge in [0.2, 0.25) is 5.91 Å². The quantitative estimate of drug-likeness (QED) is 0.0389. The molecule has 7 nitrogen and oxygen atoms in total. The zero-order valence-electron chi connectivity index (χ0n) is 29.3. The number of nitrogens with zero attached hydrogens (tertiary/aromatic N) is 1. The van der Waals surface area contributed by atoms with Crippen LogP contribution in [0.15, 0.2) is 133 Å². The molecule has 0 aromatic heterocycles. The van der Waals surface area contributed by atoms with Crippen LogP contribution in [0.25, 0.3) is 0 Å². The lowest BCUT2D eigenvalue weighted by Gasteiger charge is -2.51. The minimum Gasteiger partial charge on any atom is -0.456 e. The molecule has 4 aromatic rings. The lowest BCUT2D eigenvalue weighted by molar-refractivity contribution is -0.152. The molecule has 0 saturated carbocycles. The Morgan fingerprint density at radius 1 is 0.863 bits per heavy atom. The third-order valence-electron chi connectivity index (χ3n) is 9.17.